The van der Waals surface area contributed by atoms with Gasteiger partial charge in [0.1, 0.15) is 5.71 Å². The van der Waals surface area contributed by atoms with Crippen molar-refractivity contribution in [2.24, 2.45) is 10.2 Å². The van der Waals surface area contributed by atoms with E-state index in [1.165, 1.54) is 0 Å². The Morgan fingerprint density at radius 2 is 1.30 bits per heavy atom. The van der Waals surface area contributed by atoms with E-state index < -0.39 is 0 Å². The van der Waals surface area contributed by atoms with Crippen LogP contribution in [0.2, 0.25) is 0 Å². The highest BCUT2D eigenvalue weighted by atomic mass is 16.1. The van der Waals surface area contributed by atoms with Gasteiger partial charge in [-0.25, -0.2) is 0 Å². The number of ketones is 1. The zero-order chi connectivity index (χ0) is 19.1. The Morgan fingerprint density at radius 1 is 0.741 bits per heavy atom. The van der Waals surface area contributed by atoms with Gasteiger partial charge >= 0.3 is 0 Å². The van der Waals surface area contributed by atoms with Crippen molar-refractivity contribution in [2.45, 2.75) is 6.92 Å². The molecule has 0 bridgehead atoms. The molecule has 0 atom stereocenters. The van der Waals surface area contributed by atoms with Crippen molar-refractivity contribution in [1.82, 2.24) is 0 Å². The summed E-state index contributed by atoms with van der Waals surface area (Å²) in [6.45, 7) is 1.82. The lowest BCUT2D eigenvalue weighted by Crippen LogP contribution is -2.15. The molecule has 0 aliphatic rings. The van der Waals surface area contributed by atoms with Gasteiger partial charge in [0.05, 0.1) is 17.3 Å². The third-order valence-electron chi connectivity index (χ3n) is 4.03. The average Bonchev–Trinajstić information content (AvgIpc) is 2.75. The molecule has 0 aromatic heterocycles. The standard InChI is InChI=1S/C23H17N3O/c1-17(19-14-12-18(16-24)13-15-19)25-26-22(20-8-4-2-5-9-20)23(27)21-10-6-3-7-11-21/h2-15H,1H3. The fourth-order valence-corrected chi connectivity index (χ4v) is 2.53. The molecule has 0 radical (unpaired) electrons. The predicted octanol–water partition coefficient (Wildman–Crippen LogP) is 4.65. The van der Waals surface area contributed by atoms with Gasteiger partial charge in [-0.15, -0.1) is 5.10 Å². The van der Waals surface area contributed by atoms with Crippen LogP contribution < -0.4 is 0 Å². The number of carbonyl (C=O) groups excluding carboxylic acids is 1. The van der Waals surface area contributed by atoms with Crippen molar-refractivity contribution in [3.63, 3.8) is 0 Å². The van der Waals surface area contributed by atoms with Gasteiger partial charge in [-0.3, -0.25) is 4.79 Å². The van der Waals surface area contributed by atoms with Crippen molar-refractivity contribution in [1.29, 1.82) is 5.26 Å². The zero-order valence-corrected chi connectivity index (χ0v) is 14.8. The number of nitriles is 1. The van der Waals surface area contributed by atoms with E-state index in [9.17, 15) is 4.79 Å². The van der Waals surface area contributed by atoms with Crippen LogP contribution in [0.15, 0.2) is 95.1 Å². The third kappa shape index (κ3) is 4.42. The fraction of sp³-hybridized carbons (Fsp3) is 0.0435. The first-order valence-electron chi connectivity index (χ1n) is 8.47. The molecule has 4 nitrogen and oxygen atoms in total. The zero-order valence-electron chi connectivity index (χ0n) is 14.8. The van der Waals surface area contributed by atoms with Crippen molar-refractivity contribution in [2.75, 3.05) is 0 Å². The minimum atomic E-state index is -0.182. The van der Waals surface area contributed by atoms with Crippen LogP contribution in [0.25, 0.3) is 0 Å². The van der Waals surface area contributed by atoms with Crippen molar-refractivity contribution >= 4 is 17.2 Å². The summed E-state index contributed by atoms with van der Waals surface area (Å²) in [6.07, 6.45) is 0. The van der Waals surface area contributed by atoms with Crippen LogP contribution in [0.4, 0.5) is 0 Å². The minimum Gasteiger partial charge on any atom is -0.287 e. The number of Topliss-reactive ketones (excluding diaryl/α,β-unsaturated/α-hetero) is 1. The van der Waals surface area contributed by atoms with Gasteiger partial charge in [0, 0.05) is 11.1 Å². The van der Waals surface area contributed by atoms with E-state index in [-0.39, 0.29) is 11.5 Å². The summed E-state index contributed by atoms with van der Waals surface area (Å²) in [5.41, 5.74) is 3.65. The first-order valence-corrected chi connectivity index (χ1v) is 8.47. The van der Waals surface area contributed by atoms with Gasteiger partial charge in [-0.1, -0.05) is 72.8 Å². The summed E-state index contributed by atoms with van der Waals surface area (Å²) in [5.74, 6) is -0.182. The van der Waals surface area contributed by atoms with Crippen molar-refractivity contribution < 1.29 is 4.79 Å². The second-order valence-corrected chi connectivity index (χ2v) is 5.88. The van der Waals surface area contributed by atoms with Crippen LogP contribution in [0.3, 0.4) is 0 Å². The van der Waals surface area contributed by atoms with E-state index in [4.69, 9.17) is 5.26 Å². The highest BCUT2D eigenvalue weighted by Crippen LogP contribution is 2.11. The van der Waals surface area contributed by atoms with Crippen LogP contribution in [-0.2, 0) is 0 Å². The van der Waals surface area contributed by atoms with Gasteiger partial charge in [0.25, 0.3) is 0 Å². The van der Waals surface area contributed by atoms with E-state index in [2.05, 4.69) is 16.3 Å². The van der Waals surface area contributed by atoms with Gasteiger partial charge in [0.15, 0.2) is 0 Å². The molecule has 27 heavy (non-hydrogen) atoms. The predicted molar refractivity (Wildman–Crippen MR) is 107 cm³/mol. The molecule has 3 aromatic rings. The maximum absolute atomic E-state index is 12.9. The smallest absolute Gasteiger partial charge is 0.213 e. The lowest BCUT2D eigenvalue weighted by Gasteiger charge is -2.05. The van der Waals surface area contributed by atoms with Crippen LogP contribution in [0, 0.1) is 11.3 Å². The molecule has 0 aliphatic carbocycles. The highest BCUT2D eigenvalue weighted by Gasteiger charge is 2.16. The van der Waals surface area contributed by atoms with E-state index in [1.54, 1.807) is 24.3 Å². The lowest BCUT2D eigenvalue weighted by atomic mass is 10.0. The second-order valence-electron chi connectivity index (χ2n) is 5.88. The summed E-state index contributed by atoms with van der Waals surface area (Å²) in [5, 5.41) is 17.5. The number of rotatable bonds is 5. The monoisotopic (exact) mass is 351 g/mol. The quantitative estimate of drug-likeness (QED) is 0.381. The lowest BCUT2D eigenvalue weighted by molar-refractivity contribution is 0.106. The van der Waals surface area contributed by atoms with Crippen LogP contribution in [0.1, 0.15) is 34.0 Å². The molecule has 0 saturated carbocycles. The molecule has 3 aromatic carbocycles. The van der Waals surface area contributed by atoms with Crippen LogP contribution in [0.5, 0.6) is 0 Å². The summed E-state index contributed by atoms with van der Waals surface area (Å²) in [4.78, 5) is 12.9. The second kappa shape index (κ2) is 8.50. The molecular formula is C23H17N3O. The largest absolute Gasteiger partial charge is 0.287 e. The molecule has 0 fully saturated rings. The van der Waals surface area contributed by atoms with Crippen molar-refractivity contribution in [3.8, 4) is 6.07 Å². The molecule has 0 unspecified atom stereocenters. The molecular weight excluding hydrogens is 334 g/mol. The molecule has 0 spiro atoms. The first-order chi connectivity index (χ1) is 13.2. The Hall–Kier alpha value is -3.84. The van der Waals surface area contributed by atoms with Crippen LogP contribution >= 0.6 is 0 Å². The SMILES string of the molecule is CC(=NN=C(C(=O)c1ccccc1)c1ccccc1)c1ccc(C#N)cc1. The fourth-order valence-electron chi connectivity index (χ4n) is 2.53. The molecule has 0 saturated heterocycles. The maximum atomic E-state index is 12.9. The number of nitrogens with zero attached hydrogens (tertiary/aromatic N) is 3. The molecule has 3 rings (SSSR count). The normalized spacial score (nSPS) is 11.7. The first kappa shape index (κ1) is 18.0. The number of carbonyl (C=O) groups is 1. The summed E-state index contributed by atoms with van der Waals surface area (Å²) in [7, 11) is 0. The van der Waals surface area contributed by atoms with Gasteiger partial charge < -0.3 is 0 Å². The molecule has 0 heterocycles. The van der Waals surface area contributed by atoms with E-state index in [0.29, 0.717) is 22.4 Å². The molecule has 0 N–H and O–H groups in total. The van der Waals surface area contributed by atoms with Gasteiger partial charge in [-0.05, 0) is 24.6 Å². The Balaban J connectivity index is 1.99. The van der Waals surface area contributed by atoms with Crippen LogP contribution in [-0.4, -0.2) is 17.2 Å². The third-order valence-corrected chi connectivity index (χ3v) is 4.03. The summed E-state index contributed by atoms with van der Waals surface area (Å²) in [6, 6.07) is 27.5. The molecule has 0 aliphatic heterocycles. The van der Waals surface area contributed by atoms with Crippen molar-refractivity contribution in [3.05, 3.63) is 107 Å². The Labute approximate surface area is 158 Å². The molecule has 4 heteroatoms. The summed E-state index contributed by atoms with van der Waals surface area (Å²) < 4.78 is 0. The highest BCUT2D eigenvalue weighted by molar-refractivity contribution is 6.51. The summed E-state index contributed by atoms with van der Waals surface area (Å²) >= 11 is 0. The minimum absolute atomic E-state index is 0.182. The van der Waals surface area contributed by atoms with Gasteiger partial charge in [0.2, 0.25) is 5.78 Å². The van der Waals surface area contributed by atoms with E-state index >= 15 is 0 Å². The maximum Gasteiger partial charge on any atom is 0.213 e. The topological polar surface area (TPSA) is 65.6 Å². The Kier molecular flexibility index (Phi) is 5.66. The average molecular weight is 351 g/mol. The number of benzene rings is 3. The van der Waals surface area contributed by atoms with E-state index in [0.717, 1.165) is 5.56 Å². The Morgan fingerprint density at radius 3 is 1.85 bits per heavy atom. The van der Waals surface area contributed by atoms with E-state index in [1.807, 2.05) is 67.6 Å². The molecule has 130 valence electrons. The Bertz CT molecular complexity index is 1030. The number of hydrogen-bond acceptors (Lipinski definition) is 4. The molecule has 0 amide bonds. The number of hydrogen-bond donors (Lipinski definition) is 0. The van der Waals surface area contributed by atoms with Gasteiger partial charge in [-0.2, -0.15) is 10.4 Å².